The molecule has 0 unspecified atom stereocenters. The molecule has 190 valence electrons. The number of nitrogens with zero attached hydrogens (tertiary/aromatic N) is 2. The van der Waals surface area contributed by atoms with E-state index in [1.807, 2.05) is 63.2 Å². The molecule has 0 spiro atoms. The zero-order valence-corrected chi connectivity index (χ0v) is 21.7. The number of carbonyl (C=O) groups is 2. The Labute approximate surface area is 218 Å². The Balaban J connectivity index is 1.76. The summed E-state index contributed by atoms with van der Waals surface area (Å²) in [5.41, 5.74) is 0.766. The number of rotatable bonds is 7. The second kappa shape index (κ2) is 10.8. The van der Waals surface area contributed by atoms with Gasteiger partial charge in [-0.25, -0.2) is 9.36 Å². The van der Waals surface area contributed by atoms with Crippen LogP contribution in [0.4, 0.5) is 5.82 Å². The number of hydrogen-bond acceptors (Lipinski definition) is 5. The highest BCUT2D eigenvalue weighted by Gasteiger charge is 2.23. The molecule has 2 heterocycles. The van der Waals surface area contributed by atoms with Gasteiger partial charge in [0, 0.05) is 6.07 Å². The van der Waals surface area contributed by atoms with Crippen molar-refractivity contribution in [1.29, 1.82) is 0 Å². The van der Waals surface area contributed by atoms with Crippen molar-refractivity contribution in [3.63, 3.8) is 0 Å². The highest BCUT2D eigenvalue weighted by atomic mass is 32.1. The maximum absolute atomic E-state index is 13.8. The standard InChI is InChI=1S/C28H28N4O4S/c1-28(2,3)20-12-7-8-13-21(20)32-23(30-24(33)17-29-26(35)22-14-9-15-37-22)16-25(34)31(27(32)36)18-19-10-5-4-6-11-19/h4-16H,17-18H2,1-3H3,(H,29,35)(H,30,33). The van der Waals surface area contributed by atoms with E-state index in [1.165, 1.54) is 22.0 Å². The van der Waals surface area contributed by atoms with Crippen molar-refractivity contribution in [3.05, 3.63) is 115 Å². The number of para-hydroxylation sites is 1. The number of amides is 2. The molecule has 2 amide bonds. The lowest BCUT2D eigenvalue weighted by Gasteiger charge is -2.25. The summed E-state index contributed by atoms with van der Waals surface area (Å²) in [5.74, 6) is -0.906. The van der Waals surface area contributed by atoms with Crippen LogP contribution in [-0.2, 0) is 16.8 Å². The third-order valence-corrected chi connectivity index (χ3v) is 6.62. The molecule has 4 aromatic rings. The van der Waals surface area contributed by atoms with Crippen LogP contribution in [0.2, 0.25) is 0 Å². The molecule has 9 heteroatoms. The summed E-state index contributed by atoms with van der Waals surface area (Å²) >= 11 is 1.26. The maximum Gasteiger partial charge on any atom is 0.337 e. The van der Waals surface area contributed by atoms with Gasteiger partial charge in [0.2, 0.25) is 5.91 Å². The minimum Gasteiger partial charge on any atom is -0.342 e. The highest BCUT2D eigenvalue weighted by Crippen LogP contribution is 2.29. The summed E-state index contributed by atoms with van der Waals surface area (Å²) in [5, 5.41) is 6.99. The molecular weight excluding hydrogens is 488 g/mol. The van der Waals surface area contributed by atoms with Crippen LogP contribution in [-0.4, -0.2) is 27.5 Å². The molecular formula is C28H28N4O4S. The summed E-state index contributed by atoms with van der Waals surface area (Å²) in [6.45, 7) is 5.83. The summed E-state index contributed by atoms with van der Waals surface area (Å²) in [7, 11) is 0. The second-order valence-corrected chi connectivity index (χ2v) is 10.5. The van der Waals surface area contributed by atoms with E-state index < -0.39 is 17.2 Å². The van der Waals surface area contributed by atoms with Gasteiger partial charge >= 0.3 is 5.69 Å². The average Bonchev–Trinajstić information content (AvgIpc) is 3.41. The monoisotopic (exact) mass is 516 g/mol. The number of aromatic nitrogens is 2. The molecule has 0 aliphatic carbocycles. The normalized spacial score (nSPS) is 11.2. The summed E-state index contributed by atoms with van der Waals surface area (Å²) in [4.78, 5) is 52.4. The Morgan fingerprint density at radius 2 is 1.62 bits per heavy atom. The number of benzene rings is 2. The second-order valence-electron chi connectivity index (χ2n) is 9.53. The molecule has 2 N–H and O–H groups in total. The van der Waals surface area contributed by atoms with Gasteiger partial charge < -0.3 is 10.6 Å². The van der Waals surface area contributed by atoms with Gasteiger partial charge in [-0.1, -0.05) is 75.4 Å². The maximum atomic E-state index is 13.8. The van der Waals surface area contributed by atoms with Crippen molar-refractivity contribution >= 4 is 29.0 Å². The highest BCUT2D eigenvalue weighted by molar-refractivity contribution is 7.12. The van der Waals surface area contributed by atoms with E-state index in [0.29, 0.717) is 10.6 Å². The fraction of sp³-hybridized carbons (Fsp3) is 0.214. The molecule has 2 aromatic heterocycles. The number of nitrogens with one attached hydrogen (secondary N) is 2. The minimum absolute atomic E-state index is 0.0337. The molecule has 4 rings (SSSR count). The quantitative estimate of drug-likeness (QED) is 0.390. The molecule has 0 aliphatic heterocycles. The first kappa shape index (κ1) is 25.8. The predicted octanol–water partition coefficient (Wildman–Crippen LogP) is 3.78. The van der Waals surface area contributed by atoms with Gasteiger partial charge in [-0.3, -0.25) is 19.0 Å². The average molecular weight is 517 g/mol. The van der Waals surface area contributed by atoms with Crippen molar-refractivity contribution < 1.29 is 9.59 Å². The lowest BCUT2D eigenvalue weighted by Crippen LogP contribution is -2.42. The first-order valence-electron chi connectivity index (χ1n) is 11.8. The Morgan fingerprint density at radius 3 is 2.30 bits per heavy atom. The summed E-state index contributed by atoms with van der Waals surface area (Å²) in [6, 6.07) is 21.2. The van der Waals surface area contributed by atoms with Crippen LogP contribution in [0.3, 0.4) is 0 Å². The zero-order valence-electron chi connectivity index (χ0n) is 20.9. The van der Waals surface area contributed by atoms with E-state index in [1.54, 1.807) is 29.6 Å². The Morgan fingerprint density at radius 1 is 0.919 bits per heavy atom. The van der Waals surface area contributed by atoms with Crippen LogP contribution in [0.5, 0.6) is 0 Å². The van der Waals surface area contributed by atoms with Crippen molar-refractivity contribution in [3.8, 4) is 5.69 Å². The van der Waals surface area contributed by atoms with Gasteiger partial charge in [0.05, 0.1) is 23.7 Å². The van der Waals surface area contributed by atoms with Crippen LogP contribution in [0.1, 0.15) is 41.6 Å². The van der Waals surface area contributed by atoms with Gasteiger partial charge in [0.25, 0.3) is 11.5 Å². The molecule has 0 saturated carbocycles. The largest absolute Gasteiger partial charge is 0.342 e. The van der Waals surface area contributed by atoms with Gasteiger partial charge in [0.1, 0.15) is 5.82 Å². The molecule has 0 saturated heterocycles. The van der Waals surface area contributed by atoms with Crippen LogP contribution < -0.4 is 21.9 Å². The Bertz CT molecular complexity index is 1530. The van der Waals surface area contributed by atoms with Crippen molar-refractivity contribution in [2.45, 2.75) is 32.7 Å². The Kier molecular flexibility index (Phi) is 7.54. The van der Waals surface area contributed by atoms with E-state index >= 15 is 0 Å². The van der Waals surface area contributed by atoms with Gasteiger partial charge in [-0.2, -0.15) is 0 Å². The Hall–Kier alpha value is -4.24. The third-order valence-electron chi connectivity index (χ3n) is 5.75. The smallest absolute Gasteiger partial charge is 0.337 e. The summed E-state index contributed by atoms with van der Waals surface area (Å²) < 4.78 is 2.49. The first-order chi connectivity index (χ1) is 17.6. The van der Waals surface area contributed by atoms with Crippen molar-refractivity contribution in [2.24, 2.45) is 0 Å². The van der Waals surface area contributed by atoms with E-state index in [-0.39, 0.29) is 30.2 Å². The minimum atomic E-state index is -0.578. The van der Waals surface area contributed by atoms with Crippen LogP contribution in [0.15, 0.2) is 87.8 Å². The van der Waals surface area contributed by atoms with Crippen LogP contribution in [0.25, 0.3) is 5.69 Å². The fourth-order valence-corrected chi connectivity index (χ4v) is 4.60. The third kappa shape index (κ3) is 5.95. The van der Waals surface area contributed by atoms with Crippen molar-refractivity contribution in [1.82, 2.24) is 14.5 Å². The van der Waals surface area contributed by atoms with Crippen LogP contribution in [0, 0.1) is 0 Å². The number of anilines is 1. The molecule has 8 nitrogen and oxygen atoms in total. The first-order valence-corrected chi connectivity index (χ1v) is 12.7. The predicted molar refractivity (Wildman–Crippen MR) is 146 cm³/mol. The van der Waals surface area contributed by atoms with Crippen LogP contribution >= 0.6 is 11.3 Å². The molecule has 0 fully saturated rings. The molecule has 0 radical (unpaired) electrons. The van der Waals surface area contributed by atoms with E-state index in [9.17, 15) is 19.2 Å². The van der Waals surface area contributed by atoms with Crippen molar-refractivity contribution in [2.75, 3.05) is 11.9 Å². The molecule has 0 atom stereocenters. The van der Waals surface area contributed by atoms with Gasteiger partial charge in [-0.15, -0.1) is 11.3 Å². The number of thiophene rings is 1. The van der Waals surface area contributed by atoms with Gasteiger partial charge in [0.15, 0.2) is 0 Å². The molecule has 2 aromatic carbocycles. The topological polar surface area (TPSA) is 102 Å². The lowest BCUT2D eigenvalue weighted by atomic mass is 9.85. The fourth-order valence-electron chi connectivity index (χ4n) is 3.96. The lowest BCUT2D eigenvalue weighted by molar-refractivity contribution is -0.115. The van der Waals surface area contributed by atoms with E-state index in [4.69, 9.17) is 0 Å². The SMILES string of the molecule is CC(C)(C)c1ccccc1-n1c(NC(=O)CNC(=O)c2cccs2)cc(=O)n(Cc2ccccc2)c1=O. The van der Waals surface area contributed by atoms with E-state index in [0.717, 1.165) is 15.7 Å². The van der Waals surface area contributed by atoms with Gasteiger partial charge in [-0.05, 0) is 34.1 Å². The number of carbonyl (C=O) groups excluding carboxylic acids is 2. The molecule has 0 bridgehead atoms. The van der Waals surface area contributed by atoms with E-state index in [2.05, 4.69) is 10.6 Å². The molecule has 0 aliphatic rings. The molecule has 37 heavy (non-hydrogen) atoms. The zero-order chi connectivity index (χ0) is 26.6. The summed E-state index contributed by atoms with van der Waals surface area (Å²) in [6.07, 6.45) is 0. The number of hydrogen-bond donors (Lipinski definition) is 2.